The Kier molecular flexibility index (Phi) is 5.04. The first kappa shape index (κ1) is 18.1. The van der Waals surface area contributed by atoms with E-state index < -0.39 is 18.0 Å². The maximum Gasteiger partial charge on any atom is 0.471 e. The molecule has 0 aliphatic rings. The van der Waals surface area contributed by atoms with E-state index in [4.69, 9.17) is 4.84 Å². The lowest BCUT2D eigenvalue weighted by Gasteiger charge is -2.06. The van der Waals surface area contributed by atoms with Gasteiger partial charge < -0.3 is 4.52 Å². The maximum atomic E-state index is 12.5. The second kappa shape index (κ2) is 7.25. The van der Waals surface area contributed by atoms with E-state index in [1.165, 1.54) is 28.3 Å². The number of alkyl halides is 3. The highest BCUT2D eigenvalue weighted by atomic mass is 32.1. The van der Waals surface area contributed by atoms with Gasteiger partial charge in [-0.2, -0.15) is 23.3 Å². The fourth-order valence-electron chi connectivity index (χ4n) is 2.01. The Morgan fingerprint density at radius 1 is 1.38 bits per heavy atom. The van der Waals surface area contributed by atoms with Crippen molar-refractivity contribution in [1.29, 1.82) is 0 Å². The predicted molar refractivity (Wildman–Crippen MR) is 83.0 cm³/mol. The topological polar surface area (TPSA) is 95.1 Å². The number of amides is 1. The first-order valence-electron chi connectivity index (χ1n) is 7.32. The molecule has 8 nitrogen and oxygen atoms in total. The van der Waals surface area contributed by atoms with Gasteiger partial charge in [0.15, 0.2) is 0 Å². The van der Waals surface area contributed by atoms with Crippen molar-refractivity contribution in [2.45, 2.75) is 19.6 Å². The minimum absolute atomic E-state index is 0.150. The normalized spacial score (nSPS) is 11.7. The van der Waals surface area contributed by atoms with Gasteiger partial charge in [0.2, 0.25) is 5.82 Å². The standard InChI is InChI=1S/C14H12F3N5O3S/c1-2-24-21-12(23)9-5-6-18-22(9)7-8-3-4-10(26-8)11-19-13(25-20-11)14(15,16)17/h3-6H,2,7H2,1H3,(H,21,23). The van der Waals surface area contributed by atoms with Gasteiger partial charge in [-0.15, -0.1) is 11.3 Å². The molecular formula is C14H12F3N5O3S. The molecule has 3 aromatic rings. The van der Waals surface area contributed by atoms with Crippen molar-refractivity contribution < 1.29 is 27.3 Å². The summed E-state index contributed by atoms with van der Waals surface area (Å²) in [5, 5.41) is 7.41. The van der Waals surface area contributed by atoms with Crippen molar-refractivity contribution in [2.24, 2.45) is 0 Å². The highest BCUT2D eigenvalue weighted by molar-refractivity contribution is 7.15. The van der Waals surface area contributed by atoms with E-state index >= 15 is 0 Å². The monoisotopic (exact) mass is 387 g/mol. The van der Waals surface area contributed by atoms with Crippen molar-refractivity contribution in [2.75, 3.05) is 6.61 Å². The molecule has 12 heteroatoms. The van der Waals surface area contributed by atoms with Crippen LogP contribution >= 0.6 is 11.3 Å². The SMILES string of the molecule is CCONC(=O)c1ccnn1Cc1ccc(-c2noc(C(F)(F)F)n2)s1. The Labute approximate surface area is 148 Å². The molecule has 0 aromatic carbocycles. The minimum atomic E-state index is -4.69. The van der Waals surface area contributed by atoms with Crippen LogP contribution in [-0.4, -0.2) is 32.4 Å². The summed E-state index contributed by atoms with van der Waals surface area (Å²) in [6, 6.07) is 4.79. The van der Waals surface area contributed by atoms with E-state index in [1.54, 1.807) is 19.1 Å². The van der Waals surface area contributed by atoms with E-state index in [9.17, 15) is 18.0 Å². The second-order valence-electron chi connectivity index (χ2n) is 4.93. The third-order valence-electron chi connectivity index (χ3n) is 3.11. The van der Waals surface area contributed by atoms with Gasteiger partial charge in [-0.25, -0.2) is 5.48 Å². The van der Waals surface area contributed by atoms with Crippen molar-refractivity contribution in [3.05, 3.63) is 40.9 Å². The molecule has 3 heterocycles. The molecule has 3 rings (SSSR count). The number of hydroxylamine groups is 1. The molecule has 138 valence electrons. The number of thiophene rings is 1. The van der Waals surface area contributed by atoms with Crippen LogP contribution in [0.25, 0.3) is 10.7 Å². The van der Waals surface area contributed by atoms with Crippen molar-refractivity contribution in [1.82, 2.24) is 25.4 Å². The first-order chi connectivity index (χ1) is 12.4. The average Bonchev–Trinajstić information content (AvgIpc) is 3.31. The summed E-state index contributed by atoms with van der Waals surface area (Å²) in [6.45, 7) is 2.29. The smallest absolute Gasteiger partial charge is 0.329 e. The zero-order chi connectivity index (χ0) is 18.7. The number of halogens is 3. The van der Waals surface area contributed by atoms with E-state index in [1.807, 2.05) is 0 Å². The summed E-state index contributed by atoms with van der Waals surface area (Å²) < 4.78 is 43.3. The average molecular weight is 387 g/mol. The van der Waals surface area contributed by atoms with Gasteiger partial charge in [0.25, 0.3) is 5.91 Å². The molecule has 26 heavy (non-hydrogen) atoms. The van der Waals surface area contributed by atoms with Gasteiger partial charge in [-0.1, -0.05) is 5.16 Å². The van der Waals surface area contributed by atoms with Gasteiger partial charge in [0.05, 0.1) is 18.0 Å². The van der Waals surface area contributed by atoms with Gasteiger partial charge in [0.1, 0.15) is 5.69 Å². The molecule has 1 amide bonds. The molecule has 3 aromatic heterocycles. The molecule has 0 aliphatic carbocycles. The number of hydrogen-bond acceptors (Lipinski definition) is 7. The van der Waals surface area contributed by atoms with Crippen molar-refractivity contribution in [3.8, 4) is 10.7 Å². The number of carbonyl (C=O) groups excluding carboxylic acids is 1. The molecule has 0 atom stereocenters. The minimum Gasteiger partial charge on any atom is -0.329 e. The van der Waals surface area contributed by atoms with Crippen molar-refractivity contribution in [3.63, 3.8) is 0 Å². The quantitative estimate of drug-likeness (QED) is 0.654. The highest BCUT2D eigenvalue weighted by Gasteiger charge is 2.38. The highest BCUT2D eigenvalue weighted by Crippen LogP contribution is 2.31. The Hall–Kier alpha value is -2.73. The summed E-state index contributed by atoms with van der Waals surface area (Å²) in [6.07, 6.45) is -3.23. The summed E-state index contributed by atoms with van der Waals surface area (Å²) in [5.74, 6) is -2.00. The van der Waals surface area contributed by atoms with Gasteiger partial charge in [-0.3, -0.25) is 14.3 Å². The molecular weight excluding hydrogens is 375 g/mol. The van der Waals surface area contributed by atoms with Gasteiger partial charge in [-0.05, 0) is 25.1 Å². The molecule has 0 fully saturated rings. The van der Waals surface area contributed by atoms with E-state index in [0.717, 1.165) is 4.88 Å². The Bertz CT molecular complexity index is 902. The summed E-state index contributed by atoms with van der Waals surface area (Å²) in [4.78, 5) is 21.3. The van der Waals surface area contributed by atoms with Crippen LogP contribution in [0.2, 0.25) is 0 Å². The zero-order valence-electron chi connectivity index (χ0n) is 13.3. The van der Waals surface area contributed by atoms with E-state index in [0.29, 0.717) is 11.5 Å². The molecule has 0 radical (unpaired) electrons. The second-order valence-corrected chi connectivity index (χ2v) is 6.09. The third kappa shape index (κ3) is 3.91. The van der Waals surface area contributed by atoms with Crippen LogP contribution in [0, 0.1) is 0 Å². The van der Waals surface area contributed by atoms with Crippen LogP contribution in [0.1, 0.15) is 28.2 Å². The Balaban J connectivity index is 1.75. The van der Waals surface area contributed by atoms with Gasteiger partial charge in [0, 0.05) is 11.1 Å². The van der Waals surface area contributed by atoms with E-state index in [2.05, 4.69) is 25.2 Å². The maximum absolute atomic E-state index is 12.5. The zero-order valence-corrected chi connectivity index (χ0v) is 14.1. The van der Waals surface area contributed by atoms with Crippen molar-refractivity contribution >= 4 is 17.2 Å². The number of hydrogen-bond donors (Lipinski definition) is 1. The number of nitrogens with one attached hydrogen (secondary N) is 1. The lowest BCUT2D eigenvalue weighted by molar-refractivity contribution is -0.159. The summed E-state index contributed by atoms with van der Waals surface area (Å²) >= 11 is 1.17. The molecule has 0 saturated carbocycles. The Morgan fingerprint density at radius 3 is 2.88 bits per heavy atom. The largest absolute Gasteiger partial charge is 0.471 e. The predicted octanol–water partition coefficient (Wildman–Crippen LogP) is 2.74. The van der Waals surface area contributed by atoms with Crippen LogP contribution in [0.15, 0.2) is 28.9 Å². The van der Waals surface area contributed by atoms with Crippen LogP contribution in [0.5, 0.6) is 0 Å². The first-order valence-corrected chi connectivity index (χ1v) is 8.14. The molecule has 0 saturated heterocycles. The molecule has 0 unspecified atom stereocenters. The third-order valence-corrected chi connectivity index (χ3v) is 4.18. The molecule has 0 aliphatic heterocycles. The number of nitrogens with zero attached hydrogens (tertiary/aromatic N) is 4. The molecule has 1 N–H and O–H groups in total. The van der Waals surface area contributed by atoms with Gasteiger partial charge >= 0.3 is 12.1 Å². The van der Waals surface area contributed by atoms with Crippen LogP contribution in [0.3, 0.4) is 0 Å². The number of rotatable bonds is 6. The molecule has 0 spiro atoms. The number of aromatic nitrogens is 4. The summed E-state index contributed by atoms with van der Waals surface area (Å²) in [7, 11) is 0. The Morgan fingerprint density at radius 2 is 2.19 bits per heavy atom. The molecule has 0 bridgehead atoms. The lowest BCUT2D eigenvalue weighted by atomic mass is 10.4. The lowest BCUT2D eigenvalue weighted by Crippen LogP contribution is -2.26. The number of carbonyl (C=O) groups is 1. The van der Waals surface area contributed by atoms with E-state index in [-0.39, 0.29) is 18.1 Å². The summed E-state index contributed by atoms with van der Waals surface area (Å²) in [5.41, 5.74) is 2.56. The fourth-order valence-corrected chi connectivity index (χ4v) is 2.93. The van der Waals surface area contributed by atoms with Crippen LogP contribution < -0.4 is 5.48 Å². The van der Waals surface area contributed by atoms with Crippen LogP contribution in [-0.2, 0) is 17.6 Å². The fraction of sp³-hybridized carbons (Fsp3) is 0.286. The van der Waals surface area contributed by atoms with Crippen LogP contribution in [0.4, 0.5) is 13.2 Å².